The van der Waals surface area contributed by atoms with Crippen LogP contribution in [0.4, 0.5) is 0 Å². The predicted molar refractivity (Wildman–Crippen MR) is 73.3 cm³/mol. The van der Waals surface area contributed by atoms with Crippen molar-refractivity contribution in [2.45, 2.75) is 38.1 Å². The van der Waals surface area contributed by atoms with Gasteiger partial charge in [0.2, 0.25) is 10.0 Å². The Balaban J connectivity index is 3.18. The molecule has 0 aliphatic heterocycles. The van der Waals surface area contributed by atoms with Crippen LogP contribution in [-0.4, -0.2) is 37.4 Å². The number of carbonyl (C=O) groups is 1. The third kappa shape index (κ3) is 3.81. The number of sulfonamides is 1. The fourth-order valence-electron chi connectivity index (χ4n) is 1.88. The first-order valence-electron chi connectivity index (χ1n) is 6.29. The van der Waals surface area contributed by atoms with Crippen LogP contribution in [0.2, 0.25) is 0 Å². The van der Waals surface area contributed by atoms with Gasteiger partial charge in [-0.05, 0) is 18.9 Å². The molecule has 0 atom stereocenters. The van der Waals surface area contributed by atoms with Gasteiger partial charge in [-0.3, -0.25) is 4.79 Å². The lowest BCUT2D eigenvalue weighted by atomic mass is 10.3. The molecule has 7 heteroatoms. The molecule has 1 amide bonds. The lowest BCUT2D eigenvalue weighted by Crippen LogP contribution is -2.29. The Morgan fingerprint density at radius 1 is 1.37 bits per heavy atom. The second kappa shape index (κ2) is 6.21. The number of nitrogens with zero attached hydrogens (tertiary/aromatic N) is 2. The Bertz CT molecular complexity index is 549. The van der Waals surface area contributed by atoms with E-state index in [9.17, 15) is 13.2 Å². The van der Waals surface area contributed by atoms with Crippen LogP contribution in [0.5, 0.6) is 0 Å². The summed E-state index contributed by atoms with van der Waals surface area (Å²) in [6, 6.07) is 1.35. The van der Waals surface area contributed by atoms with Crippen LogP contribution in [0.25, 0.3) is 0 Å². The summed E-state index contributed by atoms with van der Waals surface area (Å²) >= 11 is 0. The van der Waals surface area contributed by atoms with Gasteiger partial charge >= 0.3 is 0 Å². The van der Waals surface area contributed by atoms with E-state index in [-0.39, 0.29) is 10.8 Å². The van der Waals surface area contributed by atoms with Crippen molar-refractivity contribution in [3.05, 3.63) is 18.0 Å². The van der Waals surface area contributed by atoms with E-state index in [0.717, 1.165) is 12.8 Å². The molecule has 6 nitrogen and oxygen atoms in total. The van der Waals surface area contributed by atoms with Crippen molar-refractivity contribution < 1.29 is 13.2 Å². The average molecular weight is 287 g/mol. The number of amides is 1. The topological polar surface area (TPSA) is 85.4 Å². The van der Waals surface area contributed by atoms with Crippen LogP contribution in [0.15, 0.2) is 17.2 Å². The molecular formula is C12H21N3O3S. The molecule has 0 saturated heterocycles. The number of nitrogens with two attached hydrogens (primary N) is 1. The number of rotatable bonds is 6. The van der Waals surface area contributed by atoms with E-state index in [4.69, 9.17) is 5.14 Å². The minimum Gasteiger partial charge on any atom is -0.342 e. The largest absolute Gasteiger partial charge is 0.342 e. The van der Waals surface area contributed by atoms with Crippen LogP contribution in [0, 0.1) is 0 Å². The summed E-state index contributed by atoms with van der Waals surface area (Å²) in [4.78, 5) is 13.8. The number of aryl methyl sites for hydroxylation is 1. The van der Waals surface area contributed by atoms with E-state index < -0.39 is 10.0 Å². The first-order valence-corrected chi connectivity index (χ1v) is 7.84. The van der Waals surface area contributed by atoms with Crippen molar-refractivity contribution in [3.63, 3.8) is 0 Å². The number of hydrogen-bond acceptors (Lipinski definition) is 3. The molecule has 1 aromatic rings. The molecule has 2 N–H and O–H groups in total. The molecule has 1 aromatic heterocycles. The highest BCUT2D eigenvalue weighted by Crippen LogP contribution is 2.15. The molecule has 1 rings (SSSR count). The second-order valence-corrected chi connectivity index (χ2v) is 6.09. The summed E-state index contributed by atoms with van der Waals surface area (Å²) in [6.07, 6.45) is 3.07. The summed E-state index contributed by atoms with van der Waals surface area (Å²) in [7, 11) is -2.09. The number of primary sulfonamides is 1. The van der Waals surface area contributed by atoms with Gasteiger partial charge in [-0.2, -0.15) is 0 Å². The normalized spacial score (nSPS) is 11.6. The first kappa shape index (κ1) is 15.7. The van der Waals surface area contributed by atoms with E-state index in [0.29, 0.717) is 18.8 Å². The smallest absolute Gasteiger partial charge is 0.270 e. The molecule has 19 heavy (non-hydrogen) atoms. The Kier molecular flexibility index (Phi) is 5.13. The van der Waals surface area contributed by atoms with Gasteiger partial charge in [-0.15, -0.1) is 0 Å². The van der Waals surface area contributed by atoms with Gasteiger partial charge in [0.1, 0.15) is 10.6 Å². The van der Waals surface area contributed by atoms with Crippen molar-refractivity contribution in [1.82, 2.24) is 9.47 Å². The minimum atomic E-state index is -3.79. The van der Waals surface area contributed by atoms with Crippen LogP contribution in [-0.2, 0) is 16.6 Å². The Labute approximate surface area is 114 Å². The zero-order valence-corrected chi connectivity index (χ0v) is 12.4. The van der Waals surface area contributed by atoms with Crippen molar-refractivity contribution in [3.8, 4) is 0 Å². The van der Waals surface area contributed by atoms with Crippen molar-refractivity contribution >= 4 is 15.9 Å². The maximum Gasteiger partial charge on any atom is 0.270 e. The molecule has 0 bridgehead atoms. The van der Waals surface area contributed by atoms with E-state index >= 15 is 0 Å². The van der Waals surface area contributed by atoms with E-state index in [1.165, 1.54) is 12.3 Å². The van der Waals surface area contributed by atoms with Gasteiger partial charge < -0.3 is 9.47 Å². The lowest BCUT2D eigenvalue weighted by molar-refractivity contribution is 0.0784. The zero-order valence-electron chi connectivity index (χ0n) is 11.6. The van der Waals surface area contributed by atoms with Gasteiger partial charge in [-0.1, -0.05) is 13.8 Å². The summed E-state index contributed by atoms with van der Waals surface area (Å²) < 4.78 is 24.4. The van der Waals surface area contributed by atoms with Crippen LogP contribution in [0.3, 0.4) is 0 Å². The van der Waals surface area contributed by atoms with Crippen molar-refractivity contribution in [2.75, 3.05) is 13.6 Å². The maximum atomic E-state index is 12.2. The highest BCUT2D eigenvalue weighted by Gasteiger charge is 2.20. The van der Waals surface area contributed by atoms with Crippen molar-refractivity contribution in [1.29, 1.82) is 0 Å². The molecule has 1 heterocycles. The fourth-order valence-corrected chi connectivity index (χ4v) is 2.43. The highest BCUT2D eigenvalue weighted by atomic mass is 32.2. The highest BCUT2D eigenvalue weighted by molar-refractivity contribution is 7.89. The molecule has 0 fully saturated rings. The molecule has 0 aliphatic rings. The lowest BCUT2D eigenvalue weighted by Gasteiger charge is -2.17. The standard InChI is InChI=1S/C12H21N3O3S/c1-4-6-14(3)12(16)11-8-10(19(13,17)18)9-15(11)7-5-2/h8-9H,4-7H2,1-3H3,(H2,13,17,18). The van der Waals surface area contributed by atoms with E-state index in [1.807, 2.05) is 13.8 Å². The van der Waals surface area contributed by atoms with Crippen LogP contribution < -0.4 is 5.14 Å². The van der Waals surface area contributed by atoms with Crippen LogP contribution in [0.1, 0.15) is 37.2 Å². The third-order valence-electron chi connectivity index (χ3n) is 2.79. The molecule has 0 spiro atoms. The number of hydrogen-bond donors (Lipinski definition) is 1. The van der Waals surface area contributed by atoms with Gasteiger partial charge in [0.25, 0.3) is 5.91 Å². The summed E-state index contributed by atoms with van der Waals surface area (Å²) in [6.45, 7) is 5.14. The molecule has 108 valence electrons. The van der Waals surface area contributed by atoms with Gasteiger partial charge in [0.05, 0.1) is 0 Å². The zero-order chi connectivity index (χ0) is 14.6. The second-order valence-electron chi connectivity index (χ2n) is 4.53. The maximum absolute atomic E-state index is 12.2. The number of aromatic nitrogens is 1. The minimum absolute atomic E-state index is 0.0193. The van der Waals surface area contributed by atoms with Gasteiger partial charge in [0, 0.05) is 26.3 Å². The summed E-state index contributed by atoms with van der Waals surface area (Å²) in [5, 5.41) is 5.10. The van der Waals surface area contributed by atoms with Gasteiger partial charge in [0.15, 0.2) is 0 Å². The van der Waals surface area contributed by atoms with Gasteiger partial charge in [-0.25, -0.2) is 13.6 Å². The molecule has 0 aromatic carbocycles. The number of carbonyl (C=O) groups excluding carboxylic acids is 1. The SMILES string of the molecule is CCCN(C)C(=O)c1cc(S(N)(=O)=O)cn1CCC. The third-order valence-corrected chi connectivity index (χ3v) is 3.67. The molecule has 0 saturated carbocycles. The van der Waals surface area contributed by atoms with E-state index in [2.05, 4.69) is 0 Å². The molecule has 0 aliphatic carbocycles. The Hall–Kier alpha value is -1.34. The van der Waals surface area contributed by atoms with Crippen LogP contribution >= 0.6 is 0 Å². The average Bonchev–Trinajstić information content (AvgIpc) is 2.72. The quantitative estimate of drug-likeness (QED) is 0.848. The Morgan fingerprint density at radius 3 is 2.47 bits per heavy atom. The first-order chi connectivity index (χ1) is 8.81. The van der Waals surface area contributed by atoms with Crippen molar-refractivity contribution in [2.24, 2.45) is 5.14 Å². The summed E-state index contributed by atoms with van der Waals surface area (Å²) in [5.41, 5.74) is 0.363. The monoisotopic (exact) mass is 287 g/mol. The Morgan fingerprint density at radius 2 is 2.00 bits per heavy atom. The molecular weight excluding hydrogens is 266 g/mol. The molecule has 0 unspecified atom stereocenters. The molecule has 0 radical (unpaired) electrons. The summed E-state index contributed by atoms with van der Waals surface area (Å²) in [5.74, 6) is -0.190. The predicted octanol–water partition coefficient (Wildman–Crippen LogP) is 1.03. The fraction of sp³-hybridized carbons (Fsp3) is 0.583. The van der Waals surface area contributed by atoms with E-state index in [1.54, 1.807) is 16.5 Å².